The maximum absolute atomic E-state index is 6.30. The Hall–Kier alpha value is -1.43. The Balaban J connectivity index is 2.55. The van der Waals surface area contributed by atoms with Crippen LogP contribution in [0.5, 0.6) is 0 Å². The number of hydrogen-bond donors (Lipinski definition) is 2. The Kier molecular flexibility index (Phi) is 4.42. The summed E-state index contributed by atoms with van der Waals surface area (Å²) < 4.78 is 1.89. The van der Waals surface area contributed by atoms with Gasteiger partial charge < -0.3 is 0 Å². The quantitative estimate of drug-likeness (QED) is 0.672. The lowest BCUT2D eigenvalue weighted by Crippen LogP contribution is -2.31. The molecule has 2 rings (SSSR count). The molecule has 0 fully saturated rings. The first-order valence-electron chi connectivity index (χ1n) is 6.58. The van der Waals surface area contributed by atoms with Crippen molar-refractivity contribution in [3.05, 3.63) is 46.0 Å². The minimum absolute atomic E-state index is 0.206. The van der Waals surface area contributed by atoms with E-state index in [1.165, 1.54) is 0 Å². The van der Waals surface area contributed by atoms with E-state index in [0.29, 0.717) is 5.02 Å². The topological polar surface area (TPSA) is 68.8 Å². The van der Waals surface area contributed by atoms with Crippen molar-refractivity contribution in [1.29, 1.82) is 0 Å². The van der Waals surface area contributed by atoms with Gasteiger partial charge in [0.05, 0.1) is 23.0 Å². The molecule has 0 amide bonds. The molecule has 6 heteroatoms. The Labute approximate surface area is 124 Å². The molecule has 0 saturated heterocycles. The van der Waals surface area contributed by atoms with Gasteiger partial charge in [0.1, 0.15) is 0 Å². The summed E-state index contributed by atoms with van der Waals surface area (Å²) in [6.07, 6.45) is 1.65. The van der Waals surface area contributed by atoms with Crippen LogP contribution in [0.15, 0.2) is 18.3 Å². The number of nitrogens with one attached hydrogen (secondary N) is 1. The van der Waals surface area contributed by atoms with Crippen LogP contribution in [0.3, 0.4) is 0 Å². The molecule has 5 nitrogen and oxygen atoms in total. The highest BCUT2D eigenvalue weighted by Gasteiger charge is 2.23. The standard InChI is InChI=1S/C14H20ClN5/c1-8(2)20-14(12(15)7-17-20)13(19-16)11-5-9(3)18-10(4)6-11/h5-8,13,19H,16H2,1-4H3. The molecule has 0 aliphatic carbocycles. The minimum Gasteiger partial charge on any atom is -0.271 e. The lowest BCUT2D eigenvalue weighted by Gasteiger charge is -2.21. The summed E-state index contributed by atoms with van der Waals surface area (Å²) in [6.45, 7) is 8.05. The third-order valence-electron chi connectivity index (χ3n) is 3.15. The molecule has 1 atom stereocenters. The third-order valence-corrected chi connectivity index (χ3v) is 3.44. The van der Waals surface area contributed by atoms with Gasteiger partial charge in [0.2, 0.25) is 0 Å². The van der Waals surface area contributed by atoms with Gasteiger partial charge in [0, 0.05) is 17.4 Å². The molecule has 0 aliphatic heterocycles. The van der Waals surface area contributed by atoms with E-state index in [9.17, 15) is 0 Å². The first kappa shape index (κ1) is 15.0. The van der Waals surface area contributed by atoms with Gasteiger partial charge in [-0.15, -0.1) is 0 Å². The van der Waals surface area contributed by atoms with Crippen molar-refractivity contribution in [2.45, 2.75) is 39.8 Å². The summed E-state index contributed by atoms with van der Waals surface area (Å²) >= 11 is 6.30. The second kappa shape index (κ2) is 5.91. The molecule has 0 aromatic carbocycles. The summed E-state index contributed by atoms with van der Waals surface area (Å²) in [6, 6.07) is 4.00. The lowest BCUT2D eigenvalue weighted by molar-refractivity contribution is 0.476. The van der Waals surface area contributed by atoms with Crippen LogP contribution >= 0.6 is 11.6 Å². The average molecular weight is 294 g/mol. The predicted octanol–water partition coefficient (Wildman–Crippen LogP) is 2.68. The third kappa shape index (κ3) is 2.85. The summed E-state index contributed by atoms with van der Waals surface area (Å²) in [7, 11) is 0. The Morgan fingerprint density at radius 1 is 1.25 bits per heavy atom. The molecule has 3 N–H and O–H groups in total. The molecule has 0 spiro atoms. The first-order chi connectivity index (χ1) is 9.43. The molecule has 1 unspecified atom stereocenters. The maximum Gasteiger partial charge on any atom is 0.0894 e. The minimum atomic E-state index is -0.215. The average Bonchev–Trinajstić information content (AvgIpc) is 2.72. The predicted molar refractivity (Wildman–Crippen MR) is 80.5 cm³/mol. The largest absolute Gasteiger partial charge is 0.271 e. The fourth-order valence-electron chi connectivity index (χ4n) is 2.40. The maximum atomic E-state index is 6.30. The molecule has 0 radical (unpaired) electrons. The first-order valence-corrected chi connectivity index (χ1v) is 6.96. The van der Waals surface area contributed by atoms with Crippen molar-refractivity contribution in [1.82, 2.24) is 20.2 Å². The number of halogens is 1. The second-order valence-electron chi connectivity index (χ2n) is 5.20. The number of nitrogens with two attached hydrogens (primary N) is 1. The number of hydrogen-bond acceptors (Lipinski definition) is 4. The van der Waals surface area contributed by atoms with Crippen molar-refractivity contribution in [3.8, 4) is 0 Å². The van der Waals surface area contributed by atoms with E-state index in [4.69, 9.17) is 17.4 Å². The summed E-state index contributed by atoms with van der Waals surface area (Å²) in [5.74, 6) is 5.76. The van der Waals surface area contributed by atoms with Crippen LogP contribution in [-0.4, -0.2) is 14.8 Å². The van der Waals surface area contributed by atoms with Crippen LogP contribution in [0.25, 0.3) is 0 Å². The van der Waals surface area contributed by atoms with Gasteiger partial charge in [-0.25, -0.2) is 5.43 Å². The highest BCUT2D eigenvalue weighted by molar-refractivity contribution is 6.31. The SMILES string of the molecule is Cc1cc(C(NN)c2c(Cl)cnn2C(C)C)cc(C)n1. The number of hydrazine groups is 1. The van der Waals surface area contributed by atoms with Crippen LogP contribution in [0.4, 0.5) is 0 Å². The van der Waals surface area contributed by atoms with Crippen molar-refractivity contribution in [2.24, 2.45) is 5.84 Å². The Morgan fingerprint density at radius 3 is 2.35 bits per heavy atom. The Bertz CT molecular complexity index is 585. The molecule has 2 aromatic heterocycles. The number of aryl methyl sites for hydroxylation is 2. The molecule has 0 aliphatic rings. The fourth-order valence-corrected chi connectivity index (χ4v) is 2.64. The van der Waals surface area contributed by atoms with Gasteiger partial charge in [-0.1, -0.05) is 11.6 Å². The number of aromatic nitrogens is 3. The number of rotatable bonds is 4. The van der Waals surface area contributed by atoms with E-state index in [1.807, 2.05) is 30.7 Å². The van der Waals surface area contributed by atoms with Crippen molar-refractivity contribution in [2.75, 3.05) is 0 Å². The molecular formula is C14H20ClN5. The normalized spacial score (nSPS) is 12.9. The Morgan fingerprint density at radius 2 is 1.85 bits per heavy atom. The summed E-state index contributed by atoms with van der Waals surface area (Å²) in [4.78, 5) is 4.39. The van der Waals surface area contributed by atoms with Gasteiger partial charge >= 0.3 is 0 Å². The zero-order chi connectivity index (χ0) is 14.9. The summed E-state index contributed by atoms with van der Waals surface area (Å²) in [5.41, 5.74) is 6.64. The lowest BCUT2D eigenvalue weighted by atomic mass is 10.0. The highest BCUT2D eigenvalue weighted by atomic mass is 35.5. The number of pyridine rings is 1. The molecule has 20 heavy (non-hydrogen) atoms. The van der Waals surface area contributed by atoms with E-state index in [-0.39, 0.29) is 12.1 Å². The van der Waals surface area contributed by atoms with Crippen molar-refractivity contribution >= 4 is 11.6 Å². The van der Waals surface area contributed by atoms with Gasteiger partial charge in [-0.3, -0.25) is 15.5 Å². The van der Waals surface area contributed by atoms with Crippen LogP contribution in [0.2, 0.25) is 5.02 Å². The van der Waals surface area contributed by atoms with Gasteiger partial charge in [-0.05, 0) is 45.4 Å². The molecule has 2 heterocycles. The molecular weight excluding hydrogens is 274 g/mol. The van der Waals surface area contributed by atoms with E-state index in [1.54, 1.807) is 6.20 Å². The molecule has 0 saturated carbocycles. The molecule has 2 aromatic rings. The number of nitrogens with zero attached hydrogens (tertiary/aromatic N) is 3. The van der Waals surface area contributed by atoms with Gasteiger partial charge in [-0.2, -0.15) is 5.10 Å². The summed E-state index contributed by atoms with van der Waals surface area (Å²) in [5, 5.41) is 4.93. The van der Waals surface area contributed by atoms with Crippen molar-refractivity contribution < 1.29 is 0 Å². The smallest absolute Gasteiger partial charge is 0.0894 e. The van der Waals surface area contributed by atoms with Gasteiger partial charge in [0.15, 0.2) is 0 Å². The van der Waals surface area contributed by atoms with Crippen LogP contribution in [0.1, 0.15) is 48.6 Å². The fraction of sp³-hybridized carbons (Fsp3) is 0.429. The molecule has 0 bridgehead atoms. The van der Waals surface area contributed by atoms with E-state index in [0.717, 1.165) is 22.6 Å². The zero-order valence-corrected chi connectivity index (χ0v) is 12.9. The van der Waals surface area contributed by atoms with Crippen molar-refractivity contribution in [3.63, 3.8) is 0 Å². The zero-order valence-electron chi connectivity index (χ0n) is 12.2. The second-order valence-corrected chi connectivity index (χ2v) is 5.61. The van der Waals surface area contributed by atoms with Crippen LogP contribution < -0.4 is 11.3 Å². The van der Waals surface area contributed by atoms with Crippen LogP contribution in [-0.2, 0) is 0 Å². The monoisotopic (exact) mass is 293 g/mol. The molecule has 108 valence electrons. The highest BCUT2D eigenvalue weighted by Crippen LogP contribution is 2.30. The van der Waals surface area contributed by atoms with E-state index in [2.05, 4.69) is 29.4 Å². The van der Waals surface area contributed by atoms with Crippen LogP contribution in [0, 0.1) is 13.8 Å². The van der Waals surface area contributed by atoms with E-state index >= 15 is 0 Å². The van der Waals surface area contributed by atoms with E-state index < -0.39 is 0 Å². The van der Waals surface area contributed by atoms with Gasteiger partial charge in [0.25, 0.3) is 0 Å².